The van der Waals surface area contributed by atoms with Crippen molar-refractivity contribution in [1.29, 1.82) is 0 Å². The highest BCUT2D eigenvalue weighted by molar-refractivity contribution is 7.99. The Kier molecular flexibility index (Phi) is 8.78. The number of hydrogen-bond donors (Lipinski definition) is 1. The summed E-state index contributed by atoms with van der Waals surface area (Å²) in [5.41, 5.74) is 4.86. The van der Waals surface area contributed by atoms with Crippen LogP contribution in [-0.2, 0) is 4.79 Å². The number of fused-ring (bicyclic) bond motifs is 1. The number of benzene rings is 2. The quantitative estimate of drug-likeness (QED) is 0.181. The highest BCUT2D eigenvalue weighted by atomic mass is 32.2. The van der Waals surface area contributed by atoms with Gasteiger partial charge in [-0.3, -0.25) is 4.79 Å². The van der Waals surface area contributed by atoms with Gasteiger partial charge in [0.2, 0.25) is 0 Å². The number of hydrazone groups is 1. The molecule has 0 saturated heterocycles. The highest BCUT2D eigenvalue weighted by Crippen LogP contribution is 2.22. The first kappa shape index (κ1) is 21.9. The smallest absolute Gasteiger partial charge is 0.257 e. The monoisotopic (exact) mass is 425 g/mol. The van der Waals surface area contributed by atoms with Gasteiger partial charge in [0.15, 0.2) is 5.58 Å². The molecule has 6 nitrogen and oxygen atoms in total. The van der Waals surface area contributed by atoms with Crippen LogP contribution >= 0.6 is 11.8 Å². The third kappa shape index (κ3) is 6.91. The van der Waals surface area contributed by atoms with Crippen molar-refractivity contribution in [2.24, 2.45) is 5.10 Å². The molecule has 0 aliphatic carbocycles. The van der Waals surface area contributed by atoms with Crippen molar-refractivity contribution in [3.63, 3.8) is 0 Å². The van der Waals surface area contributed by atoms with Gasteiger partial charge in [0.05, 0.1) is 18.6 Å². The van der Waals surface area contributed by atoms with Gasteiger partial charge in [-0.25, -0.2) is 10.4 Å². The number of oxazole rings is 1. The van der Waals surface area contributed by atoms with E-state index in [1.807, 2.05) is 48.5 Å². The fraction of sp³-hybridized carbons (Fsp3) is 0.348. The van der Waals surface area contributed by atoms with Crippen molar-refractivity contribution in [3.8, 4) is 5.75 Å². The van der Waals surface area contributed by atoms with Crippen LogP contribution in [0.2, 0.25) is 0 Å². The Morgan fingerprint density at radius 2 is 1.93 bits per heavy atom. The van der Waals surface area contributed by atoms with Gasteiger partial charge in [-0.15, -0.1) is 0 Å². The molecule has 0 atom stereocenters. The summed E-state index contributed by atoms with van der Waals surface area (Å²) >= 11 is 1.23. The molecule has 0 fully saturated rings. The Bertz CT molecular complexity index is 938. The molecule has 1 aromatic heterocycles. The molecule has 0 aliphatic rings. The lowest BCUT2D eigenvalue weighted by Crippen LogP contribution is -2.19. The number of amides is 1. The first-order chi connectivity index (χ1) is 14.8. The zero-order valence-electron chi connectivity index (χ0n) is 17.2. The molecular formula is C23H27N3O3S. The topological polar surface area (TPSA) is 76.7 Å². The van der Waals surface area contributed by atoms with Gasteiger partial charge in [0.1, 0.15) is 11.3 Å². The molecule has 30 heavy (non-hydrogen) atoms. The van der Waals surface area contributed by atoms with Crippen LogP contribution in [0.15, 0.2) is 63.3 Å². The maximum Gasteiger partial charge on any atom is 0.257 e. The number of aromatic nitrogens is 1. The molecule has 2 aromatic carbocycles. The average Bonchev–Trinajstić information content (AvgIpc) is 3.19. The minimum absolute atomic E-state index is 0.167. The minimum Gasteiger partial charge on any atom is -0.493 e. The van der Waals surface area contributed by atoms with Crippen LogP contribution < -0.4 is 10.2 Å². The van der Waals surface area contributed by atoms with Crippen molar-refractivity contribution in [2.45, 2.75) is 44.3 Å². The van der Waals surface area contributed by atoms with Gasteiger partial charge in [0.25, 0.3) is 11.1 Å². The molecule has 1 heterocycles. The first-order valence-corrected chi connectivity index (χ1v) is 11.3. The van der Waals surface area contributed by atoms with Gasteiger partial charge in [-0.1, -0.05) is 68.6 Å². The number of nitrogens with zero attached hydrogens (tertiary/aromatic N) is 2. The van der Waals surface area contributed by atoms with E-state index in [0.29, 0.717) is 17.4 Å². The largest absolute Gasteiger partial charge is 0.493 e. The molecule has 1 N–H and O–H groups in total. The summed E-state index contributed by atoms with van der Waals surface area (Å²) in [4.78, 5) is 16.4. The van der Waals surface area contributed by atoms with Crippen molar-refractivity contribution >= 4 is 35.0 Å². The Hall–Kier alpha value is -2.80. The zero-order chi connectivity index (χ0) is 21.0. The number of carbonyl (C=O) groups is 1. The summed E-state index contributed by atoms with van der Waals surface area (Å²) < 4.78 is 11.5. The maximum absolute atomic E-state index is 12.1. The third-order valence-corrected chi connectivity index (χ3v) is 5.25. The number of ether oxygens (including phenoxy) is 1. The lowest BCUT2D eigenvalue weighted by molar-refractivity contribution is -0.118. The SMILES string of the molecule is CCCCCCCOc1ccccc1/C=N\NC(=O)CSc1nc2ccccc2o1. The Morgan fingerprint density at radius 3 is 2.80 bits per heavy atom. The first-order valence-electron chi connectivity index (χ1n) is 10.3. The van der Waals surface area contributed by atoms with Crippen molar-refractivity contribution in [3.05, 3.63) is 54.1 Å². The van der Waals surface area contributed by atoms with Crippen LogP contribution in [-0.4, -0.2) is 29.5 Å². The highest BCUT2D eigenvalue weighted by Gasteiger charge is 2.08. The number of carbonyl (C=O) groups excluding carboxylic acids is 1. The maximum atomic E-state index is 12.1. The van der Waals surface area contributed by atoms with E-state index in [9.17, 15) is 4.79 Å². The van der Waals surface area contributed by atoms with E-state index in [1.165, 1.54) is 37.4 Å². The minimum atomic E-state index is -0.229. The van der Waals surface area contributed by atoms with E-state index in [0.717, 1.165) is 23.3 Å². The van der Waals surface area contributed by atoms with Crippen molar-refractivity contribution in [2.75, 3.05) is 12.4 Å². The second-order valence-electron chi connectivity index (χ2n) is 6.83. The fourth-order valence-electron chi connectivity index (χ4n) is 2.85. The summed E-state index contributed by atoms with van der Waals surface area (Å²) in [6, 6.07) is 15.2. The van der Waals surface area contributed by atoms with Crippen molar-refractivity contribution in [1.82, 2.24) is 10.4 Å². The molecule has 0 aliphatic heterocycles. The molecule has 158 valence electrons. The molecule has 3 aromatic rings. The molecule has 0 bridgehead atoms. The normalized spacial score (nSPS) is 11.2. The van der Waals surface area contributed by atoms with E-state index < -0.39 is 0 Å². The molecule has 3 rings (SSSR count). The second-order valence-corrected chi connectivity index (χ2v) is 7.76. The number of thioether (sulfide) groups is 1. The molecule has 0 spiro atoms. The predicted molar refractivity (Wildman–Crippen MR) is 121 cm³/mol. The molecule has 0 unspecified atom stereocenters. The lowest BCUT2D eigenvalue weighted by Gasteiger charge is -2.08. The Labute approximate surface area is 181 Å². The number of para-hydroxylation sites is 3. The van der Waals surface area contributed by atoms with Crippen LogP contribution in [0.3, 0.4) is 0 Å². The van der Waals surface area contributed by atoms with E-state index in [1.54, 1.807) is 6.21 Å². The van der Waals surface area contributed by atoms with Crippen LogP contribution in [0.4, 0.5) is 0 Å². The Morgan fingerprint density at radius 1 is 1.13 bits per heavy atom. The number of hydrogen-bond acceptors (Lipinski definition) is 6. The standard InChI is InChI=1S/C23H27N3O3S/c1-2-3-4-5-10-15-28-20-13-8-6-11-18(20)16-24-26-22(27)17-30-23-25-19-12-7-9-14-21(19)29-23/h6-9,11-14,16H,2-5,10,15,17H2,1H3,(H,26,27)/b24-16-. The molecule has 1 amide bonds. The van der Waals surface area contributed by atoms with E-state index in [2.05, 4.69) is 22.4 Å². The van der Waals surface area contributed by atoms with Crippen LogP contribution in [0.25, 0.3) is 11.1 Å². The second kappa shape index (κ2) is 12.0. The van der Waals surface area contributed by atoms with E-state index in [4.69, 9.17) is 9.15 Å². The molecule has 0 radical (unpaired) electrons. The zero-order valence-corrected chi connectivity index (χ0v) is 18.0. The summed E-state index contributed by atoms with van der Waals surface area (Å²) in [5, 5.41) is 4.52. The summed E-state index contributed by atoms with van der Waals surface area (Å²) in [7, 11) is 0. The average molecular weight is 426 g/mol. The predicted octanol–water partition coefficient (Wildman–Crippen LogP) is 5.42. The molecule has 0 saturated carbocycles. The Balaban J connectivity index is 1.43. The van der Waals surface area contributed by atoms with E-state index >= 15 is 0 Å². The molecular weight excluding hydrogens is 398 g/mol. The van der Waals surface area contributed by atoms with Crippen LogP contribution in [0.5, 0.6) is 5.75 Å². The number of nitrogens with one attached hydrogen (secondary N) is 1. The van der Waals surface area contributed by atoms with Gasteiger partial charge < -0.3 is 9.15 Å². The third-order valence-electron chi connectivity index (χ3n) is 4.42. The van der Waals surface area contributed by atoms with Gasteiger partial charge in [-0.05, 0) is 30.7 Å². The van der Waals surface area contributed by atoms with Crippen molar-refractivity contribution < 1.29 is 13.9 Å². The van der Waals surface area contributed by atoms with Crippen LogP contribution in [0, 0.1) is 0 Å². The summed E-state index contributed by atoms with van der Waals surface area (Å²) in [5.74, 6) is 0.708. The molecule has 7 heteroatoms. The van der Waals surface area contributed by atoms with Gasteiger partial charge in [0, 0.05) is 5.56 Å². The van der Waals surface area contributed by atoms with E-state index in [-0.39, 0.29) is 11.7 Å². The summed E-state index contributed by atoms with van der Waals surface area (Å²) in [6.07, 6.45) is 7.57. The lowest BCUT2D eigenvalue weighted by atomic mass is 10.2. The van der Waals surface area contributed by atoms with Gasteiger partial charge >= 0.3 is 0 Å². The number of unbranched alkanes of at least 4 members (excludes halogenated alkanes) is 4. The van der Waals surface area contributed by atoms with Crippen LogP contribution in [0.1, 0.15) is 44.6 Å². The summed E-state index contributed by atoms with van der Waals surface area (Å²) in [6.45, 7) is 2.89. The van der Waals surface area contributed by atoms with Gasteiger partial charge in [-0.2, -0.15) is 5.10 Å². The fourth-order valence-corrected chi connectivity index (χ4v) is 3.48. The number of rotatable bonds is 12.